The number of nitrogens with one attached hydrogen (secondary N) is 1. The van der Waals surface area contributed by atoms with E-state index in [9.17, 15) is 9.59 Å². The van der Waals surface area contributed by atoms with E-state index in [-0.39, 0.29) is 11.8 Å². The van der Waals surface area contributed by atoms with Gasteiger partial charge in [0.2, 0.25) is 11.8 Å². The molecule has 0 aliphatic rings. The first-order valence-electron chi connectivity index (χ1n) is 12.4. The van der Waals surface area contributed by atoms with Gasteiger partial charge in [-0.05, 0) is 35.6 Å². The van der Waals surface area contributed by atoms with Gasteiger partial charge in [-0.1, -0.05) is 98.3 Å². The topological polar surface area (TPSA) is 49.4 Å². The Kier molecular flexibility index (Phi) is 10.9. The van der Waals surface area contributed by atoms with Crippen molar-refractivity contribution in [2.24, 2.45) is 0 Å². The first-order chi connectivity index (χ1) is 17.1. The number of benzene rings is 3. The summed E-state index contributed by atoms with van der Waals surface area (Å²) in [5.74, 6) is 0.993. The Labute approximate surface area is 214 Å². The molecule has 0 aliphatic heterocycles. The predicted molar refractivity (Wildman–Crippen MR) is 146 cm³/mol. The molecule has 0 spiro atoms. The highest BCUT2D eigenvalue weighted by Gasteiger charge is 2.30. The fraction of sp³-hybridized carbons (Fsp3) is 0.333. The van der Waals surface area contributed by atoms with Crippen LogP contribution in [0.1, 0.15) is 42.0 Å². The molecule has 5 heteroatoms. The molecular formula is C30H36N2O2S. The Morgan fingerprint density at radius 1 is 0.886 bits per heavy atom. The van der Waals surface area contributed by atoms with Gasteiger partial charge in [-0.15, -0.1) is 11.8 Å². The van der Waals surface area contributed by atoms with Gasteiger partial charge in [-0.3, -0.25) is 9.59 Å². The van der Waals surface area contributed by atoms with E-state index < -0.39 is 6.04 Å². The van der Waals surface area contributed by atoms with Crippen molar-refractivity contribution in [1.82, 2.24) is 10.2 Å². The SMILES string of the molecule is CCCCNC(=O)[C@H](Cc1ccccc1)N(Cc1ccccc1)C(=O)CSCc1ccccc1C. The van der Waals surface area contributed by atoms with Gasteiger partial charge in [-0.2, -0.15) is 0 Å². The predicted octanol–water partition coefficient (Wildman–Crippen LogP) is 5.78. The third kappa shape index (κ3) is 8.59. The molecule has 0 saturated heterocycles. The van der Waals surface area contributed by atoms with Crippen LogP contribution >= 0.6 is 11.8 Å². The monoisotopic (exact) mass is 488 g/mol. The molecule has 1 atom stereocenters. The quantitative estimate of drug-likeness (QED) is 0.310. The summed E-state index contributed by atoms with van der Waals surface area (Å²) in [6.45, 7) is 5.22. The standard InChI is InChI=1S/C30H36N2O2S/c1-3-4-19-31-30(34)28(20-25-14-7-5-8-15-25)32(21-26-16-9-6-10-17-26)29(33)23-35-22-27-18-12-11-13-24(27)2/h5-18,28H,3-4,19-23H2,1-2H3,(H,31,34)/t28-/m0/s1. The number of thioether (sulfide) groups is 1. The highest BCUT2D eigenvalue weighted by molar-refractivity contribution is 7.99. The number of rotatable bonds is 13. The van der Waals surface area contributed by atoms with Crippen LogP contribution in [0.4, 0.5) is 0 Å². The second kappa shape index (κ2) is 14.4. The zero-order valence-electron chi connectivity index (χ0n) is 20.8. The average Bonchev–Trinajstić information content (AvgIpc) is 2.88. The van der Waals surface area contributed by atoms with Crippen molar-refractivity contribution in [3.8, 4) is 0 Å². The van der Waals surface area contributed by atoms with E-state index in [1.807, 2.05) is 72.8 Å². The lowest BCUT2D eigenvalue weighted by molar-refractivity contribution is -0.139. The van der Waals surface area contributed by atoms with Gasteiger partial charge in [0.1, 0.15) is 6.04 Å². The Balaban J connectivity index is 1.81. The van der Waals surface area contributed by atoms with Crippen molar-refractivity contribution < 1.29 is 9.59 Å². The molecule has 3 rings (SSSR count). The zero-order chi connectivity index (χ0) is 24.9. The molecule has 3 aromatic carbocycles. The van der Waals surface area contributed by atoms with Gasteiger partial charge in [0.25, 0.3) is 0 Å². The molecule has 0 unspecified atom stereocenters. The third-order valence-electron chi connectivity index (χ3n) is 6.04. The molecule has 2 amide bonds. The number of amides is 2. The number of nitrogens with zero attached hydrogens (tertiary/aromatic N) is 1. The minimum absolute atomic E-state index is 0.0148. The number of carbonyl (C=O) groups is 2. The fourth-order valence-electron chi connectivity index (χ4n) is 3.94. The lowest BCUT2D eigenvalue weighted by atomic mass is 10.0. The van der Waals surface area contributed by atoms with Crippen LogP contribution in [0.3, 0.4) is 0 Å². The molecule has 184 valence electrons. The van der Waals surface area contributed by atoms with Crippen LogP contribution in [0.15, 0.2) is 84.9 Å². The van der Waals surface area contributed by atoms with Gasteiger partial charge in [0, 0.05) is 25.3 Å². The lowest BCUT2D eigenvalue weighted by Crippen LogP contribution is -2.51. The lowest BCUT2D eigenvalue weighted by Gasteiger charge is -2.31. The average molecular weight is 489 g/mol. The number of hydrogen-bond donors (Lipinski definition) is 1. The van der Waals surface area contributed by atoms with Crippen LogP contribution in [-0.4, -0.2) is 35.1 Å². The van der Waals surface area contributed by atoms with Crippen LogP contribution in [-0.2, 0) is 28.3 Å². The summed E-state index contributed by atoms with van der Waals surface area (Å²) in [6.07, 6.45) is 2.41. The van der Waals surface area contributed by atoms with Crippen LogP contribution in [0.5, 0.6) is 0 Å². The molecule has 0 fully saturated rings. The summed E-state index contributed by atoms with van der Waals surface area (Å²) in [6, 6.07) is 27.6. The Morgan fingerprint density at radius 2 is 1.51 bits per heavy atom. The first-order valence-corrected chi connectivity index (χ1v) is 13.5. The van der Waals surface area contributed by atoms with Gasteiger partial charge in [0.15, 0.2) is 0 Å². The summed E-state index contributed by atoms with van der Waals surface area (Å²) in [5, 5.41) is 3.07. The highest BCUT2D eigenvalue weighted by Crippen LogP contribution is 2.20. The summed E-state index contributed by atoms with van der Waals surface area (Å²) >= 11 is 1.60. The van der Waals surface area contributed by atoms with Crippen LogP contribution in [0.2, 0.25) is 0 Å². The van der Waals surface area contributed by atoms with E-state index in [4.69, 9.17) is 0 Å². The van der Waals surface area contributed by atoms with E-state index in [0.29, 0.717) is 25.3 Å². The highest BCUT2D eigenvalue weighted by atomic mass is 32.2. The maximum atomic E-state index is 13.6. The summed E-state index contributed by atoms with van der Waals surface area (Å²) in [7, 11) is 0. The fourth-order valence-corrected chi connectivity index (χ4v) is 4.93. The van der Waals surface area contributed by atoms with Gasteiger partial charge >= 0.3 is 0 Å². The van der Waals surface area contributed by atoms with E-state index in [0.717, 1.165) is 29.7 Å². The van der Waals surface area contributed by atoms with E-state index in [1.54, 1.807) is 16.7 Å². The van der Waals surface area contributed by atoms with Crippen molar-refractivity contribution in [3.05, 3.63) is 107 Å². The van der Waals surface area contributed by atoms with E-state index >= 15 is 0 Å². The van der Waals surface area contributed by atoms with Gasteiger partial charge in [-0.25, -0.2) is 0 Å². The van der Waals surface area contributed by atoms with Crippen LogP contribution in [0.25, 0.3) is 0 Å². The Bertz CT molecular complexity index is 1060. The minimum atomic E-state index is -0.568. The molecule has 0 heterocycles. The molecule has 1 N–H and O–H groups in total. The van der Waals surface area contributed by atoms with Crippen molar-refractivity contribution in [2.45, 2.75) is 51.4 Å². The summed E-state index contributed by atoms with van der Waals surface area (Å²) in [5.41, 5.74) is 4.52. The van der Waals surface area contributed by atoms with E-state index in [2.05, 4.69) is 31.3 Å². The number of unbranched alkanes of at least 4 members (excludes halogenated alkanes) is 1. The summed E-state index contributed by atoms with van der Waals surface area (Å²) in [4.78, 5) is 28.8. The molecule has 4 nitrogen and oxygen atoms in total. The molecule has 0 radical (unpaired) electrons. The maximum absolute atomic E-state index is 13.6. The second-order valence-electron chi connectivity index (χ2n) is 8.78. The van der Waals surface area contributed by atoms with Crippen molar-refractivity contribution in [3.63, 3.8) is 0 Å². The molecular weight excluding hydrogens is 452 g/mol. The molecule has 35 heavy (non-hydrogen) atoms. The van der Waals surface area contributed by atoms with Crippen molar-refractivity contribution >= 4 is 23.6 Å². The smallest absolute Gasteiger partial charge is 0.243 e. The third-order valence-corrected chi connectivity index (χ3v) is 7.01. The minimum Gasteiger partial charge on any atom is -0.354 e. The normalized spacial score (nSPS) is 11.6. The Morgan fingerprint density at radius 3 is 2.17 bits per heavy atom. The number of aryl methyl sites for hydroxylation is 1. The van der Waals surface area contributed by atoms with Gasteiger partial charge in [0.05, 0.1) is 5.75 Å². The first kappa shape index (κ1) is 26.6. The second-order valence-corrected chi connectivity index (χ2v) is 9.76. The summed E-state index contributed by atoms with van der Waals surface area (Å²) < 4.78 is 0. The molecule has 0 bridgehead atoms. The molecule has 0 saturated carbocycles. The molecule has 3 aromatic rings. The van der Waals surface area contributed by atoms with Crippen LogP contribution < -0.4 is 5.32 Å². The number of carbonyl (C=O) groups excluding carboxylic acids is 2. The largest absolute Gasteiger partial charge is 0.354 e. The van der Waals surface area contributed by atoms with Crippen LogP contribution in [0, 0.1) is 6.92 Å². The van der Waals surface area contributed by atoms with Crippen molar-refractivity contribution in [2.75, 3.05) is 12.3 Å². The maximum Gasteiger partial charge on any atom is 0.243 e. The van der Waals surface area contributed by atoms with E-state index in [1.165, 1.54) is 11.1 Å². The number of hydrogen-bond acceptors (Lipinski definition) is 3. The van der Waals surface area contributed by atoms with Gasteiger partial charge < -0.3 is 10.2 Å². The zero-order valence-corrected chi connectivity index (χ0v) is 21.6. The Hall–Kier alpha value is -3.05. The van der Waals surface area contributed by atoms with Crippen molar-refractivity contribution in [1.29, 1.82) is 0 Å². The molecule has 0 aliphatic carbocycles. The molecule has 0 aromatic heterocycles.